The molecule has 1 aliphatic heterocycles. The Kier molecular flexibility index (Phi) is 2.14. The smallest absolute Gasteiger partial charge is 0.449 e. The molecule has 0 saturated carbocycles. The van der Waals surface area contributed by atoms with Crippen LogP contribution in [0.3, 0.4) is 0 Å². The van der Waals surface area contributed by atoms with Crippen LogP contribution in [-0.2, 0) is 0 Å². The number of aliphatic hydroxyl groups is 1. The third-order valence-electron chi connectivity index (χ3n) is 1.37. The van der Waals surface area contributed by atoms with Crippen molar-refractivity contribution in [3.05, 3.63) is 45.6 Å². The van der Waals surface area contributed by atoms with Crippen LogP contribution in [0, 0.1) is 10.1 Å². The first kappa shape index (κ1) is 8.32. The molecule has 1 rings (SSSR count). The van der Waals surface area contributed by atoms with Crippen LogP contribution in [0.25, 0.3) is 0 Å². The summed E-state index contributed by atoms with van der Waals surface area (Å²) < 4.78 is 0. The second-order valence-corrected chi connectivity index (χ2v) is 2.36. The molecule has 0 aromatic carbocycles. The number of nitrogens with zero attached hydrogens (tertiary/aromatic N) is 1. The highest BCUT2D eigenvalue weighted by Crippen LogP contribution is 2.09. The molecule has 0 spiro atoms. The molecule has 0 atom stereocenters. The van der Waals surface area contributed by atoms with E-state index in [-0.39, 0.29) is 5.70 Å². The largest absolute Gasteiger partial charge is 0.454 e. The Hall–Kier alpha value is -1.78. The molecule has 0 amide bonds. The van der Waals surface area contributed by atoms with Gasteiger partial charge in [-0.05, 0) is 24.6 Å². The number of allylic oxidation sites excluding steroid dienone is 3. The molecule has 0 aromatic rings. The highest BCUT2D eigenvalue weighted by molar-refractivity contribution is 5.33. The van der Waals surface area contributed by atoms with E-state index in [2.05, 4.69) is 5.32 Å². The van der Waals surface area contributed by atoms with E-state index in [1.807, 2.05) is 0 Å². The maximum absolute atomic E-state index is 10.1. The molecule has 0 unspecified atom stereocenters. The van der Waals surface area contributed by atoms with Gasteiger partial charge in [0.05, 0.1) is 0 Å². The molecule has 0 aromatic heterocycles. The standard InChI is InChI=1S/C7H8N2O3/c1-5-2-3-8-6(4-5)7(10)9(11)12/h2-4,8,10H,1H3. The molecule has 0 bridgehead atoms. The monoisotopic (exact) mass is 168 g/mol. The van der Waals surface area contributed by atoms with Crippen LogP contribution >= 0.6 is 0 Å². The van der Waals surface area contributed by atoms with Gasteiger partial charge in [0.15, 0.2) is 5.70 Å². The summed E-state index contributed by atoms with van der Waals surface area (Å²) in [5, 5.41) is 21.6. The summed E-state index contributed by atoms with van der Waals surface area (Å²) in [5.74, 6) is -0.862. The van der Waals surface area contributed by atoms with Gasteiger partial charge in [0.2, 0.25) is 0 Å². The lowest BCUT2D eigenvalue weighted by Gasteiger charge is -2.05. The topological polar surface area (TPSA) is 75.4 Å². The molecule has 2 N–H and O–H groups in total. The van der Waals surface area contributed by atoms with Crippen molar-refractivity contribution in [2.45, 2.75) is 6.92 Å². The van der Waals surface area contributed by atoms with E-state index in [1.54, 1.807) is 13.0 Å². The van der Waals surface area contributed by atoms with E-state index in [0.29, 0.717) is 0 Å². The van der Waals surface area contributed by atoms with Gasteiger partial charge in [-0.25, -0.2) is 0 Å². The average molecular weight is 168 g/mol. The van der Waals surface area contributed by atoms with E-state index >= 15 is 0 Å². The molecule has 0 aliphatic carbocycles. The van der Waals surface area contributed by atoms with Crippen molar-refractivity contribution < 1.29 is 10.0 Å². The van der Waals surface area contributed by atoms with E-state index < -0.39 is 10.8 Å². The minimum atomic E-state index is -0.862. The lowest BCUT2D eigenvalue weighted by molar-refractivity contribution is -0.460. The molecular weight excluding hydrogens is 160 g/mol. The fraction of sp³-hybridized carbons (Fsp3) is 0.143. The third kappa shape index (κ3) is 1.63. The van der Waals surface area contributed by atoms with Crippen molar-refractivity contribution in [2.24, 2.45) is 0 Å². The molecular formula is C7H8N2O3. The SMILES string of the molecule is CC1=CC(=C(O)[N+](=O)[O-])NC=C1. The van der Waals surface area contributed by atoms with Crippen LogP contribution in [0.4, 0.5) is 0 Å². The van der Waals surface area contributed by atoms with Crippen molar-refractivity contribution in [3.63, 3.8) is 0 Å². The lowest BCUT2D eigenvalue weighted by atomic mass is 10.2. The summed E-state index contributed by atoms with van der Waals surface area (Å²) in [5.41, 5.74) is 0.956. The molecule has 1 heterocycles. The normalized spacial score (nSPS) is 19.6. The predicted octanol–water partition coefficient (Wildman–Crippen LogP) is 1.05. The van der Waals surface area contributed by atoms with Crippen LogP contribution in [0.15, 0.2) is 35.5 Å². The van der Waals surface area contributed by atoms with E-state index in [4.69, 9.17) is 5.11 Å². The molecule has 1 aliphatic rings. The summed E-state index contributed by atoms with van der Waals surface area (Å²) in [6, 6.07) is 0. The Bertz CT molecular complexity index is 302. The van der Waals surface area contributed by atoms with Gasteiger partial charge in [0.25, 0.3) is 0 Å². The summed E-state index contributed by atoms with van der Waals surface area (Å²) in [6.07, 6.45) is 4.78. The van der Waals surface area contributed by atoms with Gasteiger partial charge >= 0.3 is 5.88 Å². The molecule has 5 heteroatoms. The average Bonchev–Trinajstić information content (AvgIpc) is 2.03. The van der Waals surface area contributed by atoms with Gasteiger partial charge < -0.3 is 10.4 Å². The molecule has 12 heavy (non-hydrogen) atoms. The van der Waals surface area contributed by atoms with Gasteiger partial charge in [-0.2, -0.15) is 0 Å². The van der Waals surface area contributed by atoms with E-state index in [0.717, 1.165) is 5.57 Å². The first-order chi connectivity index (χ1) is 5.61. The quantitative estimate of drug-likeness (QED) is 0.348. The van der Waals surface area contributed by atoms with Gasteiger partial charge in [-0.15, -0.1) is 0 Å². The Balaban J connectivity index is 2.98. The molecule has 5 nitrogen and oxygen atoms in total. The second-order valence-electron chi connectivity index (χ2n) is 2.36. The van der Waals surface area contributed by atoms with Crippen molar-refractivity contribution in [3.8, 4) is 0 Å². The number of nitrogens with one attached hydrogen (secondary N) is 1. The van der Waals surface area contributed by atoms with Crippen molar-refractivity contribution in [1.29, 1.82) is 0 Å². The minimum Gasteiger partial charge on any atom is -0.454 e. The minimum absolute atomic E-state index is 0.111. The molecule has 0 radical (unpaired) electrons. The summed E-state index contributed by atoms with van der Waals surface area (Å²) >= 11 is 0. The maximum atomic E-state index is 10.1. The molecule has 0 saturated heterocycles. The fourth-order valence-electron chi connectivity index (χ4n) is 0.808. The van der Waals surface area contributed by atoms with Crippen molar-refractivity contribution >= 4 is 0 Å². The lowest BCUT2D eigenvalue weighted by Crippen LogP contribution is -2.13. The zero-order valence-corrected chi connectivity index (χ0v) is 6.44. The zero-order valence-electron chi connectivity index (χ0n) is 6.44. The van der Waals surface area contributed by atoms with Gasteiger partial charge in [-0.1, -0.05) is 0 Å². The molecule has 0 fully saturated rings. The predicted molar refractivity (Wildman–Crippen MR) is 42.7 cm³/mol. The first-order valence-corrected chi connectivity index (χ1v) is 3.30. The van der Waals surface area contributed by atoms with Crippen LogP contribution in [0.1, 0.15) is 6.92 Å². The van der Waals surface area contributed by atoms with Crippen LogP contribution in [0.5, 0.6) is 0 Å². The Morgan fingerprint density at radius 2 is 2.42 bits per heavy atom. The number of rotatable bonds is 1. The number of hydrogen-bond acceptors (Lipinski definition) is 4. The highest BCUT2D eigenvalue weighted by atomic mass is 16.7. The molecule has 64 valence electrons. The van der Waals surface area contributed by atoms with Gasteiger partial charge in [0, 0.05) is 6.20 Å². The van der Waals surface area contributed by atoms with Crippen molar-refractivity contribution in [1.82, 2.24) is 5.32 Å². The summed E-state index contributed by atoms with van der Waals surface area (Å²) in [4.78, 5) is 9.27. The van der Waals surface area contributed by atoms with Crippen molar-refractivity contribution in [2.75, 3.05) is 0 Å². The van der Waals surface area contributed by atoms with Crippen LogP contribution < -0.4 is 5.32 Å². The third-order valence-corrected chi connectivity index (χ3v) is 1.37. The zero-order chi connectivity index (χ0) is 9.14. The van der Waals surface area contributed by atoms with Gasteiger partial charge in [0.1, 0.15) is 4.92 Å². The Morgan fingerprint density at radius 3 is 2.92 bits per heavy atom. The van der Waals surface area contributed by atoms with Crippen LogP contribution in [0.2, 0.25) is 0 Å². The van der Waals surface area contributed by atoms with Crippen LogP contribution in [-0.4, -0.2) is 10.0 Å². The number of dihydropyridines is 1. The summed E-state index contributed by atoms with van der Waals surface area (Å²) in [6.45, 7) is 1.78. The van der Waals surface area contributed by atoms with E-state index in [1.165, 1.54) is 12.3 Å². The first-order valence-electron chi connectivity index (χ1n) is 3.30. The number of aliphatic hydroxyl groups excluding tert-OH is 1. The highest BCUT2D eigenvalue weighted by Gasteiger charge is 2.15. The summed E-state index contributed by atoms with van der Waals surface area (Å²) in [7, 11) is 0. The second kappa shape index (κ2) is 3.08. The maximum Gasteiger partial charge on any atom is 0.449 e. The Labute approximate surface area is 68.9 Å². The Morgan fingerprint density at radius 1 is 1.75 bits per heavy atom. The van der Waals surface area contributed by atoms with Gasteiger partial charge in [-0.3, -0.25) is 10.1 Å². The number of hydrogen-bond donors (Lipinski definition) is 2. The number of nitro groups is 1. The van der Waals surface area contributed by atoms with E-state index in [9.17, 15) is 10.1 Å². The fourth-order valence-corrected chi connectivity index (χ4v) is 0.808.